The van der Waals surface area contributed by atoms with Crippen molar-refractivity contribution >= 4 is 11.8 Å². The average molecular weight is 485 g/mol. The Bertz CT molecular complexity index is 965. The van der Waals surface area contributed by atoms with Crippen LogP contribution in [-0.4, -0.2) is 18.5 Å². The minimum Gasteiger partial charge on any atom is -0.872 e. The van der Waals surface area contributed by atoms with E-state index in [4.69, 9.17) is 0 Å². The molecule has 0 N–H and O–H groups in total. The molecule has 0 saturated heterocycles. The van der Waals surface area contributed by atoms with Crippen LogP contribution in [0.4, 0.5) is 57.1 Å². The Kier molecular flexibility index (Phi) is 6.24. The van der Waals surface area contributed by atoms with Crippen LogP contribution < -0.4 is 5.11 Å². The summed E-state index contributed by atoms with van der Waals surface area (Å²) in [5, 5.41) is 11.9. The Morgan fingerprint density at radius 3 is 1.34 bits per heavy atom. The van der Waals surface area contributed by atoms with Crippen LogP contribution >= 0.6 is 0 Å². The van der Waals surface area contributed by atoms with Crippen LogP contribution in [0.25, 0.3) is 11.8 Å². The monoisotopic (exact) mass is 485 g/mol. The SMILES string of the molecule is [O-]/C(=C\c1c(F)c(F)c(C(C(F)(F)F)(C(F)(F)F)C(F)(F)F)c(F)c1F)c1ccccc1. The van der Waals surface area contributed by atoms with Gasteiger partial charge in [0.15, 0.2) is 23.3 Å². The fourth-order valence-electron chi connectivity index (χ4n) is 2.83. The third kappa shape index (κ3) is 3.75. The van der Waals surface area contributed by atoms with Crippen LogP contribution in [0.2, 0.25) is 0 Å². The van der Waals surface area contributed by atoms with Crippen LogP contribution in [0.3, 0.4) is 0 Å². The van der Waals surface area contributed by atoms with E-state index in [0.717, 1.165) is 12.1 Å². The topological polar surface area (TPSA) is 23.1 Å². The van der Waals surface area contributed by atoms with Crippen LogP contribution in [0, 0.1) is 23.3 Å². The molecule has 2 rings (SSSR count). The summed E-state index contributed by atoms with van der Waals surface area (Å²) >= 11 is 0. The lowest BCUT2D eigenvalue weighted by Gasteiger charge is -2.39. The summed E-state index contributed by atoms with van der Waals surface area (Å²) in [6, 6.07) is 5.80. The molecule has 0 amide bonds. The summed E-state index contributed by atoms with van der Waals surface area (Å²) in [6.45, 7) is 0. The predicted molar refractivity (Wildman–Crippen MR) is 80.4 cm³/mol. The molecule has 0 spiro atoms. The molecule has 0 aliphatic rings. The van der Waals surface area contributed by atoms with E-state index >= 15 is 0 Å². The highest BCUT2D eigenvalue weighted by atomic mass is 19.4. The van der Waals surface area contributed by atoms with Crippen molar-refractivity contribution in [3.05, 3.63) is 70.3 Å². The first-order valence-corrected chi connectivity index (χ1v) is 7.90. The first kappa shape index (κ1) is 25.3. The molecule has 0 bridgehead atoms. The molecule has 0 aromatic heterocycles. The average Bonchev–Trinajstić information content (AvgIpc) is 2.64. The van der Waals surface area contributed by atoms with E-state index < -0.39 is 64.1 Å². The first-order valence-electron chi connectivity index (χ1n) is 7.90. The van der Waals surface area contributed by atoms with Gasteiger partial charge in [-0.25, -0.2) is 17.6 Å². The first-order chi connectivity index (χ1) is 14.4. The summed E-state index contributed by atoms with van der Waals surface area (Å²) in [5.74, 6) is -14.8. The van der Waals surface area contributed by atoms with E-state index in [1.54, 1.807) is 0 Å². The maximum atomic E-state index is 14.2. The van der Waals surface area contributed by atoms with Crippen LogP contribution in [-0.2, 0) is 5.41 Å². The lowest BCUT2D eigenvalue weighted by atomic mass is 9.76. The fourth-order valence-corrected chi connectivity index (χ4v) is 2.83. The van der Waals surface area contributed by atoms with Gasteiger partial charge in [-0.15, -0.1) is 5.76 Å². The number of halogens is 13. The Labute approximate surface area is 169 Å². The van der Waals surface area contributed by atoms with Crippen molar-refractivity contribution in [3.8, 4) is 0 Å². The van der Waals surface area contributed by atoms with E-state index in [9.17, 15) is 62.2 Å². The van der Waals surface area contributed by atoms with Crippen molar-refractivity contribution in [2.45, 2.75) is 23.9 Å². The summed E-state index contributed by atoms with van der Waals surface area (Å²) in [4.78, 5) is 0. The zero-order valence-corrected chi connectivity index (χ0v) is 14.8. The maximum Gasteiger partial charge on any atom is 0.416 e. The summed E-state index contributed by atoms with van der Waals surface area (Å²) in [5.41, 5.74) is -13.8. The lowest BCUT2D eigenvalue weighted by molar-refractivity contribution is -0.388. The molecular formula is C18H6F13O-. The second-order valence-corrected chi connectivity index (χ2v) is 6.16. The lowest BCUT2D eigenvalue weighted by Crippen LogP contribution is -2.64. The molecule has 2 aromatic rings. The molecule has 2 aromatic carbocycles. The van der Waals surface area contributed by atoms with Crippen LogP contribution in [0.15, 0.2) is 30.3 Å². The van der Waals surface area contributed by atoms with Gasteiger partial charge in [0.25, 0.3) is 5.41 Å². The van der Waals surface area contributed by atoms with Crippen molar-refractivity contribution in [2.75, 3.05) is 0 Å². The van der Waals surface area contributed by atoms with Crippen molar-refractivity contribution in [1.29, 1.82) is 0 Å². The van der Waals surface area contributed by atoms with Gasteiger partial charge < -0.3 is 5.11 Å². The van der Waals surface area contributed by atoms with Crippen molar-refractivity contribution in [1.82, 2.24) is 0 Å². The number of benzene rings is 2. The van der Waals surface area contributed by atoms with E-state index in [2.05, 4.69) is 0 Å². The van der Waals surface area contributed by atoms with Crippen molar-refractivity contribution in [2.24, 2.45) is 0 Å². The standard InChI is InChI=1S/C18H7F13O/c19-11-8(6-9(32)7-4-2-1-3-5-7)12(20)14(22)10(13(11)21)15(16(23,24)25,17(26,27)28)18(29,30)31/h1-6,32H/p-1/b9-6-. The van der Waals surface area contributed by atoms with Crippen molar-refractivity contribution < 1.29 is 62.2 Å². The van der Waals surface area contributed by atoms with Gasteiger partial charge in [0.2, 0.25) is 0 Å². The van der Waals surface area contributed by atoms with Crippen molar-refractivity contribution in [3.63, 3.8) is 0 Å². The number of hydrogen-bond donors (Lipinski definition) is 0. The predicted octanol–water partition coefficient (Wildman–Crippen LogP) is 6.03. The van der Waals surface area contributed by atoms with Gasteiger partial charge in [-0.1, -0.05) is 36.4 Å². The number of rotatable bonds is 3. The molecule has 0 atom stereocenters. The largest absolute Gasteiger partial charge is 0.872 e. The molecule has 0 aliphatic carbocycles. The minimum absolute atomic E-state index is 0.230. The van der Waals surface area contributed by atoms with Gasteiger partial charge in [-0.3, -0.25) is 0 Å². The molecular weight excluding hydrogens is 479 g/mol. The number of hydrogen-bond acceptors (Lipinski definition) is 1. The van der Waals surface area contributed by atoms with Gasteiger partial charge in [-0.2, -0.15) is 39.5 Å². The molecule has 0 saturated carbocycles. The summed E-state index contributed by atoms with van der Waals surface area (Å²) in [6.07, 6.45) is -22.8. The highest BCUT2D eigenvalue weighted by Gasteiger charge is 2.86. The Balaban J connectivity index is 2.99. The van der Waals surface area contributed by atoms with E-state index in [1.807, 2.05) is 0 Å². The maximum absolute atomic E-state index is 14.2. The highest BCUT2D eigenvalue weighted by molar-refractivity contribution is 5.76. The number of alkyl halides is 9. The molecule has 0 radical (unpaired) electrons. The molecule has 176 valence electrons. The molecule has 32 heavy (non-hydrogen) atoms. The van der Waals surface area contributed by atoms with Crippen LogP contribution in [0.5, 0.6) is 0 Å². The van der Waals surface area contributed by atoms with Gasteiger partial charge in [0.1, 0.15) is 0 Å². The second kappa shape index (κ2) is 7.89. The van der Waals surface area contributed by atoms with Gasteiger partial charge >= 0.3 is 18.5 Å². The Morgan fingerprint density at radius 1 is 0.625 bits per heavy atom. The van der Waals surface area contributed by atoms with E-state index in [1.165, 1.54) is 18.2 Å². The van der Waals surface area contributed by atoms with Gasteiger partial charge in [-0.05, 0) is 5.56 Å². The summed E-state index contributed by atoms with van der Waals surface area (Å²) < 4.78 is 175. The minimum atomic E-state index is -7.53. The van der Waals surface area contributed by atoms with Gasteiger partial charge in [0, 0.05) is 0 Å². The molecule has 14 heteroatoms. The second-order valence-electron chi connectivity index (χ2n) is 6.16. The van der Waals surface area contributed by atoms with Crippen LogP contribution in [0.1, 0.15) is 16.7 Å². The third-order valence-electron chi connectivity index (χ3n) is 4.28. The molecule has 0 unspecified atom stereocenters. The fraction of sp³-hybridized carbons (Fsp3) is 0.222. The summed E-state index contributed by atoms with van der Waals surface area (Å²) in [7, 11) is 0. The Hall–Kier alpha value is -2.93. The molecule has 1 nitrogen and oxygen atoms in total. The van der Waals surface area contributed by atoms with E-state index in [0.29, 0.717) is 0 Å². The zero-order chi connectivity index (χ0) is 24.9. The molecule has 0 heterocycles. The Morgan fingerprint density at radius 2 is 1.00 bits per heavy atom. The highest BCUT2D eigenvalue weighted by Crippen LogP contribution is 2.61. The normalized spacial score (nSPS) is 14.1. The molecule has 0 aliphatic heterocycles. The third-order valence-corrected chi connectivity index (χ3v) is 4.28. The molecule has 0 fully saturated rings. The quantitative estimate of drug-likeness (QED) is 0.226. The smallest absolute Gasteiger partial charge is 0.416 e. The zero-order valence-electron chi connectivity index (χ0n) is 14.8. The van der Waals surface area contributed by atoms with E-state index in [-0.39, 0.29) is 11.6 Å². The van der Waals surface area contributed by atoms with Gasteiger partial charge in [0.05, 0.1) is 11.1 Å².